The molecule has 1 saturated heterocycles. The Kier molecular flexibility index (Phi) is 3.23. The molecule has 0 aliphatic carbocycles. The van der Waals surface area contributed by atoms with Gasteiger partial charge in [0.2, 0.25) is 0 Å². The molecule has 0 unspecified atom stereocenters. The van der Waals surface area contributed by atoms with Gasteiger partial charge in [0.1, 0.15) is 0 Å². The van der Waals surface area contributed by atoms with Crippen LogP contribution in [0.15, 0.2) is 15.2 Å². The number of hydrogen-bond donors (Lipinski definition) is 2. The molecule has 78 valence electrons. The quantitative estimate of drug-likeness (QED) is 0.850. The van der Waals surface area contributed by atoms with Gasteiger partial charge < -0.3 is 10.2 Å². The van der Waals surface area contributed by atoms with Crippen molar-refractivity contribution in [3.63, 3.8) is 0 Å². The number of aliphatic hydroxyl groups excluding tert-OH is 2. The Morgan fingerprint density at radius 1 is 1.43 bits per heavy atom. The van der Waals surface area contributed by atoms with E-state index in [4.69, 9.17) is 0 Å². The summed E-state index contributed by atoms with van der Waals surface area (Å²) in [6.07, 6.45) is -1.17. The fraction of sp³-hybridized carbons (Fsp3) is 0.556. The SMILES string of the molecule is O[C@@H]1CN(Cc2csc(Br)c2)C[C@@H]1O. The summed E-state index contributed by atoms with van der Waals surface area (Å²) < 4.78 is 1.12. The highest BCUT2D eigenvalue weighted by molar-refractivity contribution is 9.11. The van der Waals surface area contributed by atoms with Crippen LogP contribution in [-0.4, -0.2) is 40.4 Å². The van der Waals surface area contributed by atoms with Gasteiger partial charge in [-0.3, -0.25) is 4.90 Å². The minimum Gasteiger partial charge on any atom is -0.389 e. The monoisotopic (exact) mass is 277 g/mol. The molecule has 1 aliphatic rings. The molecule has 0 radical (unpaired) electrons. The van der Waals surface area contributed by atoms with Crippen LogP contribution in [0.4, 0.5) is 0 Å². The van der Waals surface area contributed by atoms with Gasteiger partial charge in [-0.2, -0.15) is 0 Å². The normalized spacial score (nSPS) is 28.5. The molecule has 1 aromatic rings. The predicted molar refractivity (Wildman–Crippen MR) is 59.3 cm³/mol. The lowest BCUT2D eigenvalue weighted by Crippen LogP contribution is -2.22. The smallest absolute Gasteiger partial charge is 0.0938 e. The maximum absolute atomic E-state index is 9.35. The van der Waals surface area contributed by atoms with Crippen molar-refractivity contribution in [3.05, 3.63) is 20.8 Å². The van der Waals surface area contributed by atoms with Gasteiger partial charge in [-0.1, -0.05) is 0 Å². The fourth-order valence-corrected chi connectivity index (χ4v) is 2.86. The van der Waals surface area contributed by atoms with Crippen LogP contribution in [0.2, 0.25) is 0 Å². The predicted octanol–water partition coefficient (Wildman–Crippen LogP) is 1.05. The van der Waals surface area contributed by atoms with Gasteiger partial charge >= 0.3 is 0 Å². The summed E-state index contributed by atoms with van der Waals surface area (Å²) in [5.41, 5.74) is 1.23. The molecule has 14 heavy (non-hydrogen) atoms. The molecule has 0 spiro atoms. The van der Waals surface area contributed by atoms with Crippen LogP contribution < -0.4 is 0 Å². The zero-order chi connectivity index (χ0) is 10.1. The molecular weight excluding hydrogens is 266 g/mol. The Balaban J connectivity index is 1.93. The lowest BCUT2D eigenvalue weighted by Gasteiger charge is -2.12. The van der Waals surface area contributed by atoms with Crippen LogP contribution in [0.25, 0.3) is 0 Å². The molecule has 1 aliphatic heterocycles. The first-order valence-corrected chi connectivity index (χ1v) is 6.14. The van der Waals surface area contributed by atoms with E-state index in [1.165, 1.54) is 5.56 Å². The van der Waals surface area contributed by atoms with Gasteiger partial charge in [-0.25, -0.2) is 0 Å². The number of halogens is 1. The van der Waals surface area contributed by atoms with E-state index in [1.54, 1.807) is 11.3 Å². The topological polar surface area (TPSA) is 43.7 Å². The molecule has 2 N–H and O–H groups in total. The largest absolute Gasteiger partial charge is 0.389 e. The second kappa shape index (κ2) is 4.28. The van der Waals surface area contributed by atoms with E-state index in [-0.39, 0.29) is 0 Å². The van der Waals surface area contributed by atoms with Crippen LogP contribution in [0.1, 0.15) is 5.56 Å². The molecule has 0 aromatic carbocycles. The van der Waals surface area contributed by atoms with Gasteiger partial charge in [-0.05, 0) is 32.9 Å². The Hall–Kier alpha value is 0.0600. The van der Waals surface area contributed by atoms with Crippen LogP contribution in [0.5, 0.6) is 0 Å². The van der Waals surface area contributed by atoms with E-state index in [0.717, 1.165) is 10.3 Å². The van der Waals surface area contributed by atoms with Gasteiger partial charge in [0.05, 0.1) is 16.0 Å². The first-order valence-electron chi connectivity index (χ1n) is 4.46. The number of nitrogens with zero attached hydrogens (tertiary/aromatic N) is 1. The number of likely N-dealkylation sites (tertiary alicyclic amines) is 1. The Morgan fingerprint density at radius 2 is 2.07 bits per heavy atom. The highest BCUT2D eigenvalue weighted by Crippen LogP contribution is 2.23. The van der Waals surface area contributed by atoms with Gasteiger partial charge in [0.25, 0.3) is 0 Å². The van der Waals surface area contributed by atoms with Crippen molar-refractivity contribution in [2.75, 3.05) is 13.1 Å². The Bertz CT molecular complexity index is 308. The van der Waals surface area contributed by atoms with E-state index in [0.29, 0.717) is 13.1 Å². The van der Waals surface area contributed by atoms with E-state index in [9.17, 15) is 10.2 Å². The van der Waals surface area contributed by atoms with Crippen LogP contribution >= 0.6 is 27.3 Å². The molecule has 0 amide bonds. The van der Waals surface area contributed by atoms with Crippen LogP contribution in [-0.2, 0) is 6.54 Å². The lowest BCUT2D eigenvalue weighted by molar-refractivity contribution is 0.0572. The summed E-state index contributed by atoms with van der Waals surface area (Å²) in [6.45, 7) is 1.93. The number of aliphatic hydroxyl groups is 2. The molecule has 0 saturated carbocycles. The lowest BCUT2D eigenvalue weighted by atomic mass is 10.3. The summed E-state index contributed by atoms with van der Waals surface area (Å²) >= 11 is 5.06. The summed E-state index contributed by atoms with van der Waals surface area (Å²) in [6, 6.07) is 2.07. The maximum Gasteiger partial charge on any atom is 0.0938 e. The van der Waals surface area contributed by atoms with Gasteiger partial charge in [0.15, 0.2) is 0 Å². The highest BCUT2D eigenvalue weighted by Gasteiger charge is 2.29. The van der Waals surface area contributed by atoms with Crippen molar-refractivity contribution in [2.45, 2.75) is 18.8 Å². The molecule has 1 fully saturated rings. The minimum atomic E-state index is -0.586. The van der Waals surface area contributed by atoms with Gasteiger partial charge in [-0.15, -0.1) is 11.3 Å². The van der Waals surface area contributed by atoms with E-state index in [1.807, 2.05) is 0 Å². The average Bonchev–Trinajstić information content (AvgIpc) is 2.62. The number of β-amino-alcohol motifs (C(OH)–C–C–N with tert-alkyl or cyclic N) is 2. The van der Waals surface area contributed by atoms with Crippen molar-refractivity contribution in [2.24, 2.45) is 0 Å². The third-order valence-electron chi connectivity index (χ3n) is 2.36. The molecule has 0 bridgehead atoms. The van der Waals surface area contributed by atoms with Crippen molar-refractivity contribution >= 4 is 27.3 Å². The molecule has 2 rings (SSSR count). The Labute approximate surface area is 95.1 Å². The summed E-state index contributed by atoms with van der Waals surface area (Å²) in [5.74, 6) is 0. The molecule has 1 aromatic heterocycles. The van der Waals surface area contributed by atoms with Gasteiger partial charge in [0, 0.05) is 19.6 Å². The highest BCUT2D eigenvalue weighted by atomic mass is 79.9. The molecule has 3 nitrogen and oxygen atoms in total. The second-order valence-electron chi connectivity index (χ2n) is 3.59. The van der Waals surface area contributed by atoms with E-state index in [2.05, 4.69) is 32.3 Å². The molecular formula is C9H12BrNO2S. The zero-order valence-electron chi connectivity index (χ0n) is 7.56. The maximum atomic E-state index is 9.35. The van der Waals surface area contributed by atoms with Crippen LogP contribution in [0.3, 0.4) is 0 Å². The van der Waals surface area contributed by atoms with Crippen LogP contribution in [0, 0.1) is 0 Å². The first-order chi connectivity index (χ1) is 6.65. The van der Waals surface area contributed by atoms with Crippen molar-refractivity contribution < 1.29 is 10.2 Å². The standard InChI is InChI=1S/C9H12BrNO2S/c10-9-1-6(5-14-9)2-11-3-7(12)8(13)4-11/h1,5,7-8,12-13H,2-4H2/t7-,8+. The molecule has 2 atom stereocenters. The minimum absolute atomic E-state index is 0.564. The average molecular weight is 278 g/mol. The third-order valence-corrected chi connectivity index (χ3v) is 3.92. The first kappa shape index (κ1) is 10.6. The number of rotatable bonds is 2. The fourth-order valence-electron chi connectivity index (χ4n) is 1.66. The molecule has 2 heterocycles. The number of hydrogen-bond acceptors (Lipinski definition) is 4. The molecule has 5 heteroatoms. The zero-order valence-corrected chi connectivity index (χ0v) is 9.96. The van der Waals surface area contributed by atoms with Crippen molar-refractivity contribution in [1.82, 2.24) is 4.90 Å². The summed E-state index contributed by atoms with van der Waals surface area (Å²) in [7, 11) is 0. The summed E-state index contributed by atoms with van der Waals surface area (Å²) in [5, 5.41) is 20.8. The summed E-state index contributed by atoms with van der Waals surface area (Å²) in [4.78, 5) is 2.06. The Morgan fingerprint density at radius 3 is 2.57 bits per heavy atom. The van der Waals surface area contributed by atoms with Crippen molar-refractivity contribution in [3.8, 4) is 0 Å². The van der Waals surface area contributed by atoms with E-state index >= 15 is 0 Å². The van der Waals surface area contributed by atoms with E-state index < -0.39 is 12.2 Å². The van der Waals surface area contributed by atoms with Crippen molar-refractivity contribution in [1.29, 1.82) is 0 Å². The second-order valence-corrected chi connectivity index (χ2v) is 5.88. The third kappa shape index (κ3) is 2.35. The number of thiophene rings is 1.